The summed E-state index contributed by atoms with van der Waals surface area (Å²) in [5.74, 6) is 0.932. The van der Waals surface area contributed by atoms with E-state index >= 15 is 0 Å². The standard InChI is InChI=1S/C9H19N/c1-7-5-8(2)10(4)9(3)6-7/h7-9H,5-6H2,1-4H3/t7?,8-,9+. The monoisotopic (exact) mass is 141 g/mol. The molecule has 1 aliphatic heterocycles. The van der Waals surface area contributed by atoms with Crippen molar-refractivity contribution in [2.75, 3.05) is 7.05 Å². The van der Waals surface area contributed by atoms with Gasteiger partial charge >= 0.3 is 0 Å². The van der Waals surface area contributed by atoms with E-state index in [0.29, 0.717) is 0 Å². The van der Waals surface area contributed by atoms with E-state index < -0.39 is 0 Å². The van der Waals surface area contributed by atoms with E-state index in [1.807, 2.05) is 0 Å². The van der Waals surface area contributed by atoms with Gasteiger partial charge in [-0.3, -0.25) is 0 Å². The highest BCUT2D eigenvalue weighted by Crippen LogP contribution is 2.25. The van der Waals surface area contributed by atoms with Crippen molar-refractivity contribution in [3.8, 4) is 0 Å². The van der Waals surface area contributed by atoms with Crippen LogP contribution in [0.4, 0.5) is 0 Å². The van der Waals surface area contributed by atoms with E-state index in [2.05, 4.69) is 32.7 Å². The van der Waals surface area contributed by atoms with E-state index in [1.54, 1.807) is 0 Å². The molecule has 0 saturated carbocycles. The van der Waals surface area contributed by atoms with E-state index in [9.17, 15) is 0 Å². The molecule has 0 amide bonds. The summed E-state index contributed by atoms with van der Waals surface area (Å²) < 4.78 is 0. The van der Waals surface area contributed by atoms with Crippen LogP contribution in [-0.2, 0) is 0 Å². The Balaban J connectivity index is 2.49. The van der Waals surface area contributed by atoms with Crippen LogP contribution in [0.1, 0.15) is 33.6 Å². The van der Waals surface area contributed by atoms with Gasteiger partial charge in [0.2, 0.25) is 0 Å². The van der Waals surface area contributed by atoms with Crippen molar-refractivity contribution in [1.29, 1.82) is 0 Å². The minimum absolute atomic E-state index is 0.791. The second kappa shape index (κ2) is 2.91. The Hall–Kier alpha value is -0.0400. The van der Waals surface area contributed by atoms with Crippen LogP contribution in [0.5, 0.6) is 0 Å². The lowest BCUT2D eigenvalue weighted by atomic mass is 9.89. The second-order valence-corrected chi connectivity index (χ2v) is 3.94. The molecule has 0 aromatic carbocycles. The molecule has 0 aliphatic carbocycles. The molecule has 1 nitrogen and oxygen atoms in total. The molecule has 10 heavy (non-hydrogen) atoms. The van der Waals surface area contributed by atoms with Gasteiger partial charge in [0.05, 0.1) is 0 Å². The lowest BCUT2D eigenvalue weighted by Gasteiger charge is -2.39. The maximum atomic E-state index is 2.49. The lowest BCUT2D eigenvalue weighted by molar-refractivity contribution is 0.105. The first-order valence-electron chi connectivity index (χ1n) is 4.33. The highest BCUT2D eigenvalue weighted by molar-refractivity contribution is 4.79. The first-order chi connectivity index (χ1) is 4.61. The molecule has 1 aliphatic rings. The first kappa shape index (κ1) is 8.06. The molecule has 0 bridgehead atoms. The van der Waals surface area contributed by atoms with Crippen LogP contribution in [0, 0.1) is 5.92 Å². The zero-order valence-electron chi connectivity index (χ0n) is 7.59. The van der Waals surface area contributed by atoms with Gasteiger partial charge in [-0.2, -0.15) is 0 Å². The average molecular weight is 141 g/mol. The van der Waals surface area contributed by atoms with Crippen molar-refractivity contribution in [1.82, 2.24) is 4.90 Å². The Morgan fingerprint density at radius 2 is 1.40 bits per heavy atom. The molecule has 1 fully saturated rings. The summed E-state index contributed by atoms with van der Waals surface area (Å²) in [6.45, 7) is 7.01. The van der Waals surface area contributed by atoms with Gasteiger partial charge in [0.1, 0.15) is 0 Å². The zero-order chi connectivity index (χ0) is 7.72. The van der Waals surface area contributed by atoms with Crippen molar-refractivity contribution in [3.63, 3.8) is 0 Å². The molecule has 0 aromatic rings. The number of rotatable bonds is 0. The largest absolute Gasteiger partial charge is 0.301 e. The maximum absolute atomic E-state index is 2.49. The third-order valence-corrected chi connectivity index (χ3v) is 2.88. The van der Waals surface area contributed by atoms with Gasteiger partial charge in [-0.15, -0.1) is 0 Å². The summed E-state index contributed by atoms with van der Waals surface area (Å²) >= 11 is 0. The van der Waals surface area contributed by atoms with Gasteiger partial charge in [-0.1, -0.05) is 6.92 Å². The topological polar surface area (TPSA) is 3.24 Å². The zero-order valence-corrected chi connectivity index (χ0v) is 7.59. The van der Waals surface area contributed by atoms with Crippen LogP contribution < -0.4 is 0 Å². The lowest BCUT2D eigenvalue weighted by Crippen LogP contribution is -2.43. The Bertz CT molecular complexity index is 99.3. The molecular formula is C9H19N. The molecule has 0 spiro atoms. The predicted molar refractivity (Wildman–Crippen MR) is 45.1 cm³/mol. The summed E-state index contributed by atoms with van der Waals surface area (Å²) in [4.78, 5) is 2.49. The van der Waals surface area contributed by atoms with Gasteiger partial charge in [0.15, 0.2) is 0 Å². The van der Waals surface area contributed by atoms with Crippen LogP contribution in [0.3, 0.4) is 0 Å². The average Bonchev–Trinajstić information content (AvgIpc) is 1.82. The van der Waals surface area contributed by atoms with Crippen LogP contribution >= 0.6 is 0 Å². The molecule has 1 unspecified atom stereocenters. The SMILES string of the molecule is CC1C[C@@H](C)N(C)[C@@H](C)C1. The smallest absolute Gasteiger partial charge is 0.00692 e. The maximum Gasteiger partial charge on any atom is 0.00692 e. The molecule has 0 aromatic heterocycles. The molecular weight excluding hydrogens is 122 g/mol. The quantitative estimate of drug-likeness (QED) is 0.499. The van der Waals surface area contributed by atoms with Gasteiger partial charge in [-0.25, -0.2) is 0 Å². The molecule has 3 atom stereocenters. The fraction of sp³-hybridized carbons (Fsp3) is 1.00. The Labute approximate surface area is 64.4 Å². The number of piperidine rings is 1. The van der Waals surface area contributed by atoms with Crippen molar-refractivity contribution in [3.05, 3.63) is 0 Å². The van der Waals surface area contributed by atoms with Gasteiger partial charge < -0.3 is 4.90 Å². The summed E-state index contributed by atoms with van der Waals surface area (Å²) in [5, 5.41) is 0. The minimum atomic E-state index is 0.791. The summed E-state index contributed by atoms with van der Waals surface area (Å²) in [7, 11) is 2.24. The van der Waals surface area contributed by atoms with Crippen molar-refractivity contribution in [2.24, 2.45) is 5.92 Å². The number of hydrogen-bond acceptors (Lipinski definition) is 1. The molecule has 0 N–H and O–H groups in total. The van der Waals surface area contributed by atoms with Crippen LogP contribution in [0.25, 0.3) is 0 Å². The number of hydrogen-bond donors (Lipinski definition) is 0. The van der Waals surface area contributed by atoms with Crippen molar-refractivity contribution in [2.45, 2.75) is 45.7 Å². The molecule has 1 rings (SSSR count). The Kier molecular flexibility index (Phi) is 2.35. The molecule has 60 valence electrons. The molecule has 1 heteroatoms. The number of likely N-dealkylation sites (tertiary alicyclic amines) is 1. The van der Waals surface area contributed by atoms with E-state index in [1.165, 1.54) is 12.8 Å². The van der Waals surface area contributed by atoms with E-state index in [-0.39, 0.29) is 0 Å². The van der Waals surface area contributed by atoms with Gasteiger partial charge in [-0.05, 0) is 39.7 Å². The Morgan fingerprint density at radius 3 is 1.80 bits per heavy atom. The van der Waals surface area contributed by atoms with E-state index in [4.69, 9.17) is 0 Å². The Morgan fingerprint density at radius 1 is 1.00 bits per heavy atom. The van der Waals surface area contributed by atoms with Crippen LogP contribution in [0.15, 0.2) is 0 Å². The molecule has 1 saturated heterocycles. The van der Waals surface area contributed by atoms with E-state index in [0.717, 1.165) is 18.0 Å². The highest BCUT2D eigenvalue weighted by atomic mass is 15.2. The predicted octanol–water partition coefficient (Wildman–Crippen LogP) is 2.13. The molecule has 1 heterocycles. The number of nitrogens with zero attached hydrogens (tertiary/aromatic N) is 1. The first-order valence-corrected chi connectivity index (χ1v) is 4.33. The normalized spacial score (nSPS) is 43.8. The fourth-order valence-electron chi connectivity index (χ4n) is 2.03. The minimum Gasteiger partial charge on any atom is -0.301 e. The fourth-order valence-corrected chi connectivity index (χ4v) is 2.03. The third kappa shape index (κ3) is 1.51. The third-order valence-electron chi connectivity index (χ3n) is 2.88. The van der Waals surface area contributed by atoms with Crippen LogP contribution in [-0.4, -0.2) is 24.0 Å². The van der Waals surface area contributed by atoms with Gasteiger partial charge in [0.25, 0.3) is 0 Å². The van der Waals surface area contributed by atoms with Crippen LogP contribution in [0.2, 0.25) is 0 Å². The summed E-state index contributed by atoms with van der Waals surface area (Å²) in [5.41, 5.74) is 0. The van der Waals surface area contributed by atoms with Gasteiger partial charge in [0, 0.05) is 12.1 Å². The summed E-state index contributed by atoms with van der Waals surface area (Å²) in [6.07, 6.45) is 2.75. The van der Waals surface area contributed by atoms with Crippen molar-refractivity contribution >= 4 is 0 Å². The highest BCUT2D eigenvalue weighted by Gasteiger charge is 2.24. The summed E-state index contributed by atoms with van der Waals surface area (Å²) in [6, 6.07) is 1.58. The van der Waals surface area contributed by atoms with Crippen molar-refractivity contribution < 1.29 is 0 Å². The second-order valence-electron chi connectivity index (χ2n) is 3.94. The molecule has 0 radical (unpaired) electrons.